The molecule has 1 aliphatic heterocycles. The van der Waals surface area contributed by atoms with Gasteiger partial charge in [-0.1, -0.05) is 0 Å². The highest BCUT2D eigenvalue weighted by Crippen LogP contribution is 2.19. The SMILES string of the molecule is COc1ncccc1C(=O)N1CCN(c2ccc(-n3nc(C)cc3C)nn2)CC1. The third kappa shape index (κ3) is 3.75. The number of pyridine rings is 1. The van der Waals surface area contributed by atoms with E-state index in [1.165, 1.54) is 7.11 Å². The van der Waals surface area contributed by atoms with Gasteiger partial charge in [0, 0.05) is 38.1 Å². The van der Waals surface area contributed by atoms with Crippen molar-refractivity contribution in [2.24, 2.45) is 0 Å². The highest BCUT2D eigenvalue weighted by molar-refractivity contribution is 5.96. The topological polar surface area (TPSA) is 89.3 Å². The first-order valence-electron chi connectivity index (χ1n) is 9.47. The Labute approximate surface area is 168 Å². The maximum Gasteiger partial charge on any atom is 0.259 e. The fourth-order valence-corrected chi connectivity index (χ4v) is 3.49. The summed E-state index contributed by atoms with van der Waals surface area (Å²) in [6.07, 6.45) is 1.61. The van der Waals surface area contributed by atoms with Crippen LogP contribution in [0.5, 0.6) is 5.88 Å². The summed E-state index contributed by atoms with van der Waals surface area (Å²) < 4.78 is 6.99. The monoisotopic (exact) mass is 393 g/mol. The molecule has 0 aromatic carbocycles. The maximum absolute atomic E-state index is 12.8. The standard InChI is InChI=1S/C20H23N7O2/c1-14-13-15(2)27(24-14)18-7-6-17(22-23-18)25-9-11-26(12-10-25)20(28)16-5-4-8-21-19(16)29-3/h4-8,13H,9-12H2,1-3H3. The second kappa shape index (κ2) is 7.86. The van der Waals surface area contributed by atoms with Gasteiger partial charge in [0.15, 0.2) is 11.6 Å². The fraction of sp³-hybridized carbons (Fsp3) is 0.350. The molecule has 0 atom stereocenters. The molecule has 0 saturated carbocycles. The Kier molecular flexibility index (Phi) is 5.11. The molecule has 9 heteroatoms. The number of anilines is 1. The molecule has 1 aliphatic rings. The van der Waals surface area contributed by atoms with E-state index in [0.29, 0.717) is 43.4 Å². The first kappa shape index (κ1) is 18.9. The lowest BCUT2D eigenvalue weighted by Gasteiger charge is -2.35. The second-order valence-electron chi connectivity index (χ2n) is 6.93. The van der Waals surface area contributed by atoms with Gasteiger partial charge in [-0.05, 0) is 44.2 Å². The van der Waals surface area contributed by atoms with Crippen LogP contribution in [0, 0.1) is 13.8 Å². The summed E-state index contributed by atoms with van der Waals surface area (Å²) in [5.74, 6) is 1.77. The van der Waals surface area contributed by atoms with Crippen molar-refractivity contribution in [1.82, 2.24) is 29.9 Å². The number of hydrogen-bond acceptors (Lipinski definition) is 7. The Balaban J connectivity index is 1.42. The van der Waals surface area contributed by atoms with E-state index in [1.54, 1.807) is 23.0 Å². The van der Waals surface area contributed by atoms with Crippen LogP contribution in [0.15, 0.2) is 36.5 Å². The Hall–Kier alpha value is -3.49. The predicted octanol–water partition coefficient (Wildman–Crippen LogP) is 1.65. The van der Waals surface area contributed by atoms with E-state index < -0.39 is 0 Å². The molecule has 0 spiro atoms. The quantitative estimate of drug-likeness (QED) is 0.666. The Morgan fingerprint density at radius 2 is 1.76 bits per heavy atom. The molecule has 1 saturated heterocycles. The molecule has 9 nitrogen and oxygen atoms in total. The highest BCUT2D eigenvalue weighted by atomic mass is 16.5. The molecule has 0 bridgehead atoms. The van der Waals surface area contributed by atoms with Crippen molar-refractivity contribution in [3.05, 3.63) is 53.5 Å². The van der Waals surface area contributed by atoms with Crippen molar-refractivity contribution in [3.8, 4) is 11.7 Å². The molecule has 1 amide bonds. The van der Waals surface area contributed by atoms with Gasteiger partial charge in [-0.3, -0.25) is 4.79 Å². The van der Waals surface area contributed by atoms with Crippen molar-refractivity contribution >= 4 is 11.7 Å². The maximum atomic E-state index is 12.8. The summed E-state index contributed by atoms with van der Waals surface area (Å²) in [6.45, 7) is 6.50. The average Bonchev–Trinajstić information content (AvgIpc) is 3.11. The lowest BCUT2D eigenvalue weighted by Crippen LogP contribution is -2.49. The van der Waals surface area contributed by atoms with Crippen LogP contribution in [0.4, 0.5) is 5.82 Å². The zero-order valence-electron chi connectivity index (χ0n) is 16.7. The number of hydrogen-bond donors (Lipinski definition) is 0. The summed E-state index contributed by atoms with van der Waals surface area (Å²) in [7, 11) is 1.52. The van der Waals surface area contributed by atoms with E-state index in [1.807, 2.05) is 36.9 Å². The first-order valence-corrected chi connectivity index (χ1v) is 9.47. The largest absolute Gasteiger partial charge is 0.480 e. The van der Waals surface area contributed by atoms with Gasteiger partial charge in [0.1, 0.15) is 5.56 Å². The Morgan fingerprint density at radius 1 is 1.03 bits per heavy atom. The second-order valence-corrected chi connectivity index (χ2v) is 6.93. The van der Waals surface area contributed by atoms with Crippen LogP contribution in [0.25, 0.3) is 5.82 Å². The number of aromatic nitrogens is 5. The number of nitrogens with zero attached hydrogens (tertiary/aromatic N) is 7. The van der Waals surface area contributed by atoms with Crippen molar-refractivity contribution in [2.75, 3.05) is 38.2 Å². The first-order chi connectivity index (χ1) is 14.1. The summed E-state index contributed by atoms with van der Waals surface area (Å²) in [5.41, 5.74) is 2.44. The molecule has 3 aromatic heterocycles. The molecule has 150 valence electrons. The highest BCUT2D eigenvalue weighted by Gasteiger charge is 2.25. The minimum absolute atomic E-state index is 0.0689. The molecule has 0 unspecified atom stereocenters. The Bertz CT molecular complexity index is 1010. The number of rotatable bonds is 4. The van der Waals surface area contributed by atoms with Crippen LogP contribution in [0.2, 0.25) is 0 Å². The lowest BCUT2D eigenvalue weighted by atomic mass is 10.2. The van der Waals surface area contributed by atoms with E-state index in [0.717, 1.165) is 17.2 Å². The number of carbonyl (C=O) groups excluding carboxylic acids is 1. The summed E-state index contributed by atoms with van der Waals surface area (Å²) in [4.78, 5) is 20.9. The zero-order valence-corrected chi connectivity index (χ0v) is 16.7. The third-order valence-corrected chi connectivity index (χ3v) is 4.95. The fourth-order valence-electron chi connectivity index (χ4n) is 3.49. The van der Waals surface area contributed by atoms with Gasteiger partial charge in [0.05, 0.1) is 12.8 Å². The molecule has 4 rings (SSSR count). The molecular formula is C20H23N7O2. The van der Waals surface area contributed by atoms with Crippen molar-refractivity contribution in [1.29, 1.82) is 0 Å². The van der Waals surface area contributed by atoms with Gasteiger partial charge in [0.25, 0.3) is 5.91 Å². The van der Waals surface area contributed by atoms with E-state index in [-0.39, 0.29) is 5.91 Å². The minimum atomic E-state index is -0.0689. The number of ether oxygens (including phenoxy) is 1. The number of carbonyl (C=O) groups is 1. The molecule has 29 heavy (non-hydrogen) atoms. The zero-order chi connectivity index (χ0) is 20.4. The Morgan fingerprint density at radius 3 is 2.38 bits per heavy atom. The van der Waals surface area contributed by atoms with Gasteiger partial charge in [-0.25, -0.2) is 9.67 Å². The number of piperazine rings is 1. The molecule has 0 aliphatic carbocycles. The summed E-state index contributed by atoms with van der Waals surface area (Å²) in [5, 5.41) is 13.1. The number of amides is 1. The van der Waals surface area contributed by atoms with Crippen molar-refractivity contribution < 1.29 is 9.53 Å². The molecule has 3 aromatic rings. The van der Waals surface area contributed by atoms with Crippen molar-refractivity contribution in [3.63, 3.8) is 0 Å². The smallest absolute Gasteiger partial charge is 0.259 e. The van der Waals surface area contributed by atoms with Gasteiger partial charge in [-0.2, -0.15) is 5.10 Å². The summed E-state index contributed by atoms with van der Waals surface area (Å²) in [6, 6.07) is 9.35. The molecule has 0 radical (unpaired) electrons. The van der Waals surface area contributed by atoms with Crippen molar-refractivity contribution in [2.45, 2.75) is 13.8 Å². The van der Waals surface area contributed by atoms with Crippen LogP contribution in [-0.2, 0) is 0 Å². The average molecular weight is 393 g/mol. The molecule has 0 N–H and O–H groups in total. The molecule has 4 heterocycles. The van der Waals surface area contributed by atoms with Crippen LogP contribution < -0.4 is 9.64 Å². The minimum Gasteiger partial charge on any atom is -0.480 e. The van der Waals surface area contributed by atoms with Crippen LogP contribution in [-0.4, -0.2) is 69.1 Å². The van der Waals surface area contributed by atoms with Crippen LogP contribution in [0.3, 0.4) is 0 Å². The normalized spacial score (nSPS) is 14.2. The van der Waals surface area contributed by atoms with Crippen LogP contribution >= 0.6 is 0 Å². The van der Waals surface area contributed by atoms with E-state index >= 15 is 0 Å². The predicted molar refractivity (Wildman–Crippen MR) is 108 cm³/mol. The van der Waals surface area contributed by atoms with Gasteiger partial charge < -0.3 is 14.5 Å². The van der Waals surface area contributed by atoms with Gasteiger partial charge in [-0.15, -0.1) is 10.2 Å². The molecular weight excluding hydrogens is 370 g/mol. The summed E-state index contributed by atoms with van der Waals surface area (Å²) >= 11 is 0. The van der Waals surface area contributed by atoms with E-state index in [4.69, 9.17) is 4.74 Å². The third-order valence-electron chi connectivity index (χ3n) is 4.95. The number of methoxy groups -OCH3 is 1. The molecule has 1 fully saturated rings. The van der Waals surface area contributed by atoms with E-state index in [2.05, 4.69) is 25.2 Å². The van der Waals surface area contributed by atoms with Crippen LogP contribution in [0.1, 0.15) is 21.7 Å². The van der Waals surface area contributed by atoms with Gasteiger partial charge >= 0.3 is 0 Å². The number of aryl methyl sites for hydroxylation is 2. The van der Waals surface area contributed by atoms with E-state index in [9.17, 15) is 4.79 Å². The van der Waals surface area contributed by atoms with Gasteiger partial charge in [0.2, 0.25) is 5.88 Å². The lowest BCUT2D eigenvalue weighted by molar-refractivity contribution is 0.0742.